The summed E-state index contributed by atoms with van der Waals surface area (Å²) in [5.74, 6) is -7.52. The quantitative estimate of drug-likeness (QED) is 0.186. The first-order valence-corrected chi connectivity index (χ1v) is 12.0. The first kappa shape index (κ1) is 27.3. The molecular formula is C29H27NO9. The predicted octanol–water partition coefficient (Wildman–Crippen LogP) is 2.96. The maximum absolute atomic E-state index is 13.9. The van der Waals surface area contributed by atoms with Gasteiger partial charge < -0.3 is 18.9 Å². The zero-order valence-corrected chi connectivity index (χ0v) is 21.8. The molecule has 0 unspecified atom stereocenters. The summed E-state index contributed by atoms with van der Waals surface area (Å²) >= 11 is 0. The standard InChI is InChI=1S/C29H27NO9/c1-36-19-14-12-18(13-15-19)30-25(32)24(26(33)37-2)22(29(30,27(34)38-3)28(35)39-4)16-23(31)21-11-7-9-17-8-5-6-10-20(17)21/h5-15,22,24H,16H2,1-4H3/t22-,24-/m1/s1. The molecule has 1 heterocycles. The molecule has 0 saturated carbocycles. The number of Topliss-reactive ketones (excluding diaryl/α,β-unsaturated/α-hetero) is 1. The van der Waals surface area contributed by atoms with Crippen molar-refractivity contribution in [2.24, 2.45) is 11.8 Å². The second-order valence-electron chi connectivity index (χ2n) is 8.88. The normalized spacial score (nSPS) is 17.9. The molecule has 0 aromatic heterocycles. The number of fused-ring (bicyclic) bond motifs is 1. The molecule has 4 rings (SSSR count). The van der Waals surface area contributed by atoms with Crippen molar-refractivity contribution in [3.8, 4) is 5.75 Å². The van der Waals surface area contributed by atoms with E-state index in [-0.39, 0.29) is 5.69 Å². The molecule has 1 aliphatic heterocycles. The molecule has 1 saturated heterocycles. The maximum Gasteiger partial charge on any atom is 0.344 e. The SMILES string of the molecule is COC(=O)[C@H]1C(=O)N(c2ccc(OC)cc2)C(C(=O)OC)(C(=O)OC)[C@@H]1CC(=O)c1cccc2ccccc12. The number of nitrogens with zero attached hydrogens (tertiary/aromatic N) is 1. The number of esters is 3. The summed E-state index contributed by atoms with van der Waals surface area (Å²) < 4.78 is 20.2. The average molecular weight is 534 g/mol. The molecule has 0 radical (unpaired) electrons. The van der Waals surface area contributed by atoms with Gasteiger partial charge in [0.2, 0.25) is 11.4 Å². The van der Waals surface area contributed by atoms with E-state index in [4.69, 9.17) is 18.9 Å². The highest BCUT2D eigenvalue weighted by atomic mass is 16.6. The zero-order chi connectivity index (χ0) is 28.3. The fourth-order valence-corrected chi connectivity index (χ4v) is 5.27. The summed E-state index contributed by atoms with van der Waals surface area (Å²) in [5.41, 5.74) is -2.12. The first-order chi connectivity index (χ1) is 18.8. The molecule has 39 heavy (non-hydrogen) atoms. The summed E-state index contributed by atoms with van der Waals surface area (Å²) in [6.45, 7) is 0. The largest absolute Gasteiger partial charge is 0.497 e. The highest BCUT2D eigenvalue weighted by Gasteiger charge is 2.71. The van der Waals surface area contributed by atoms with Gasteiger partial charge in [0.25, 0.3) is 0 Å². The van der Waals surface area contributed by atoms with Gasteiger partial charge in [-0.1, -0.05) is 42.5 Å². The number of benzene rings is 3. The Bertz CT molecular complexity index is 1430. The van der Waals surface area contributed by atoms with Gasteiger partial charge in [-0.2, -0.15) is 0 Å². The van der Waals surface area contributed by atoms with Crippen LogP contribution in [-0.2, 0) is 33.4 Å². The van der Waals surface area contributed by atoms with Crippen LogP contribution in [0.25, 0.3) is 10.8 Å². The topological polar surface area (TPSA) is 126 Å². The minimum Gasteiger partial charge on any atom is -0.497 e. The molecule has 0 spiro atoms. The number of carbonyl (C=O) groups is 5. The number of hydrogen-bond acceptors (Lipinski definition) is 9. The van der Waals surface area contributed by atoms with Gasteiger partial charge >= 0.3 is 17.9 Å². The molecule has 202 valence electrons. The molecule has 1 fully saturated rings. The fraction of sp³-hybridized carbons (Fsp3) is 0.276. The molecule has 0 bridgehead atoms. The Morgan fingerprint density at radius 3 is 2.00 bits per heavy atom. The van der Waals surface area contributed by atoms with Crippen LogP contribution in [-0.4, -0.2) is 63.6 Å². The van der Waals surface area contributed by atoms with E-state index >= 15 is 0 Å². The number of amides is 1. The van der Waals surface area contributed by atoms with Crippen LogP contribution in [0.1, 0.15) is 16.8 Å². The van der Waals surface area contributed by atoms with E-state index in [1.165, 1.54) is 31.4 Å². The van der Waals surface area contributed by atoms with E-state index in [2.05, 4.69) is 0 Å². The fourth-order valence-electron chi connectivity index (χ4n) is 5.27. The van der Waals surface area contributed by atoms with Crippen LogP contribution in [0.2, 0.25) is 0 Å². The van der Waals surface area contributed by atoms with E-state index in [0.717, 1.165) is 31.6 Å². The summed E-state index contributed by atoms with van der Waals surface area (Å²) in [7, 11) is 4.61. The summed E-state index contributed by atoms with van der Waals surface area (Å²) in [6, 6.07) is 18.3. The lowest BCUT2D eigenvalue weighted by Crippen LogP contribution is -2.62. The molecule has 0 N–H and O–H groups in total. The zero-order valence-electron chi connectivity index (χ0n) is 21.8. The van der Waals surface area contributed by atoms with E-state index < -0.39 is 53.4 Å². The Hall–Kier alpha value is -4.73. The third kappa shape index (κ3) is 4.37. The van der Waals surface area contributed by atoms with Crippen molar-refractivity contribution in [1.29, 1.82) is 0 Å². The number of ketones is 1. The lowest BCUT2D eigenvalue weighted by molar-refractivity contribution is -0.164. The summed E-state index contributed by atoms with van der Waals surface area (Å²) in [5, 5.41) is 1.43. The lowest BCUT2D eigenvalue weighted by Gasteiger charge is -2.36. The Morgan fingerprint density at radius 1 is 0.795 bits per heavy atom. The third-order valence-corrected chi connectivity index (χ3v) is 7.05. The Kier molecular flexibility index (Phi) is 7.66. The number of rotatable bonds is 8. The van der Waals surface area contributed by atoms with Crippen molar-refractivity contribution < 1.29 is 42.9 Å². The second-order valence-corrected chi connectivity index (χ2v) is 8.88. The monoisotopic (exact) mass is 533 g/mol. The van der Waals surface area contributed by atoms with Gasteiger partial charge in [-0.05, 0) is 35.0 Å². The number of hydrogen-bond donors (Lipinski definition) is 0. The third-order valence-electron chi connectivity index (χ3n) is 7.05. The Labute approximate surface area is 224 Å². The second kappa shape index (κ2) is 10.9. The molecule has 1 aliphatic rings. The summed E-state index contributed by atoms with van der Waals surface area (Å²) in [4.78, 5) is 68.8. The smallest absolute Gasteiger partial charge is 0.344 e. The first-order valence-electron chi connectivity index (χ1n) is 12.0. The molecule has 2 atom stereocenters. The maximum atomic E-state index is 13.9. The minimum atomic E-state index is -2.51. The van der Waals surface area contributed by atoms with Crippen LogP contribution in [0, 0.1) is 11.8 Å². The Morgan fingerprint density at radius 2 is 1.41 bits per heavy atom. The molecule has 0 aliphatic carbocycles. The lowest BCUT2D eigenvalue weighted by atomic mass is 9.75. The molecule has 3 aromatic rings. The molecule has 1 amide bonds. The van der Waals surface area contributed by atoms with Crippen molar-refractivity contribution in [3.63, 3.8) is 0 Å². The van der Waals surface area contributed by atoms with Crippen LogP contribution in [0.4, 0.5) is 5.69 Å². The van der Waals surface area contributed by atoms with Gasteiger partial charge in [0.15, 0.2) is 5.78 Å². The van der Waals surface area contributed by atoms with E-state index in [0.29, 0.717) is 16.7 Å². The van der Waals surface area contributed by atoms with Gasteiger partial charge in [-0.3, -0.25) is 19.3 Å². The van der Waals surface area contributed by atoms with Gasteiger partial charge in [-0.25, -0.2) is 9.59 Å². The highest BCUT2D eigenvalue weighted by molar-refractivity contribution is 6.24. The van der Waals surface area contributed by atoms with Crippen molar-refractivity contribution in [1.82, 2.24) is 0 Å². The molecule has 3 aromatic carbocycles. The van der Waals surface area contributed by atoms with Crippen LogP contribution in [0.5, 0.6) is 5.75 Å². The van der Waals surface area contributed by atoms with Gasteiger partial charge in [0.05, 0.1) is 28.4 Å². The van der Waals surface area contributed by atoms with E-state index in [1.54, 1.807) is 24.3 Å². The highest BCUT2D eigenvalue weighted by Crippen LogP contribution is 2.47. The molecular weight excluding hydrogens is 506 g/mol. The van der Waals surface area contributed by atoms with E-state index in [9.17, 15) is 24.0 Å². The van der Waals surface area contributed by atoms with E-state index in [1.807, 2.05) is 18.2 Å². The van der Waals surface area contributed by atoms with Gasteiger partial charge in [-0.15, -0.1) is 0 Å². The minimum absolute atomic E-state index is 0.0885. The molecule has 10 heteroatoms. The van der Waals surface area contributed by atoms with Gasteiger partial charge in [0, 0.05) is 23.6 Å². The summed E-state index contributed by atoms with van der Waals surface area (Å²) in [6.07, 6.45) is -0.545. The number of methoxy groups -OCH3 is 4. The van der Waals surface area contributed by atoms with Crippen molar-refractivity contribution in [2.75, 3.05) is 33.3 Å². The molecule has 10 nitrogen and oxygen atoms in total. The predicted molar refractivity (Wildman–Crippen MR) is 139 cm³/mol. The van der Waals surface area contributed by atoms with Gasteiger partial charge in [0.1, 0.15) is 11.7 Å². The van der Waals surface area contributed by atoms with Crippen LogP contribution >= 0.6 is 0 Å². The van der Waals surface area contributed by atoms with Crippen molar-refractivity contribution in [3.05, 3.63) is 72.3 Å². The Balaban J connectivity index is 1.95. The number of anilines is 1. The average Bonchev–Trinajstić information content (AvgIpc) is 3.23. The number of ether oxygens (including phenoxy) is 4. The van der Waals surface area contributed by atoms with Crippen LogP contribution in [0.15, 0.2) is 66.7 Å². The van der Waals surface area contributed by atoms with Crippen molar-refractivity contribution in [2.45, 2.75) is 12.0 Å². The van der Waals surface area contributed by atoms with Crippen molar-refractivity contribution >= 4 is 46.1 Å². The van der Waals surface area contributed by atoms with Crippen LogP contribution < -0.4 is 9.64 Å². The number of carbonyl (C=O) groups excluding carboxylic acids is 5. The van der Waals surface area contributed by atoms with Crippen LogP contribution in [0.3, 0.4) is 0 Å².